The van der Waals surface area contributed by atoms with Crippen molar-refractivity contribution < 1.29 is 9.18 Å². The monoisotopic (exact) mass is 289 g/mol. The maximum atomic E-state index is 13.0. The number of thiocarbonyl (C=S) groups is 1. The Morgan fingerprint density at radius 2 is 2.10 bits per heavy atom. The summed E-state index contributed by atoms with van der Waals surface area (Å²) in [5.74, 6) is -0.385. The third-order valence-corrected chi connectivity index (χ3v) is 2.76. The summed E-state index contributed by atoms with van der Waals surface area (Å²) >= 11 is 5.03. The molecule has 1 heterocycles. The lowest BCUT2D eigenvalue weighted by Gasteiger charge is -2.10. The Morgan fingerprint density at radius 3 is 2.80 bits per heavy atom. The average molecular weight is 289 g/mol. The fraction of sp³-hybridized carbons (Fsp3) is 0.0714. The van der Waals surface area contributed by atoms with Gasteiger partial charge in [-0.05, 0) is 49.0 Å². The maximum absolute atomic E-state index is 13.0. The van der Waals surface area contributed by atoms with Crippen molar-refractivity contribution in [2.75, 3.05) is 5.32 Å². The molecule has 0 aliphatic rings. The first-order valence-electron chi connectivity index (χ1n) is 5.86. The summed E-state index contributed by atoms with van der Waals surface area (Å²) in [7, 11) is 0. The summed E-state index contributed by atoms with van der Waals surface area (Å²) in [5.41, 5.74) is 1.10. The molecule has 0 saturated heterocycles. The third-order valence-electron chi connectivity index (χ3n) is 2.56. The Morgan fingerprint density at radius 1 is 1.30 bits per heavy atom. The van der Waals surface area contributed by atoms with Crippen LogP contribution in [0.5, 0.6) is 0 Å². The number of halogens is 1. The van der Waals surface area contributed by atoms with Gasteiger partial charge < -0.3 is 5.32 Å². The van der Waals surface area contributed by atoms with Crippen LogP contribution in [0.25, 0.3) is 0 Å². The van der Waals surface area contributed by atoms with Crippen LogP contribution in [0.4, 0.5) is 10.2 Å². The molecule has 4 nitrogen and oxygen atoms in total. The second-order valence-corrected chi connectivity index (χ2v) is 4.50. The van der Waals surface area contributed by atoms with E-state index < -0.39 is 11.7 Å². The molecule has 2 rings (SSSR count). The van der Waals surface area contributed by atoms with Crippen molar-refractivity contribution in [3.63, 3.8) is 0 Å². The van der Waals surface area contributed by atoms with Crippen molar-refractivity contribution in [2.24, 2.45) is 0 Å². The van der Waals surface area contributed by atoms with E-state index in [9.17, 15) is 9.18 Å². The fourth-order valence-electron chi connectivity index (χ4n) is 1.56. The van der Waals surface area contributed by atoms with Crippen LogP contribution in [-0.2, 0) is 0 Å². The van der Waals surface area contributed by atoms with Crippen molar-refractivity contribution in [1.29, 1.82) is 0 Å². The van der Waals surface area contributed by atoms with Gasteiger partial charge in [-0.1, -0.05) is 12.1 Å². The van der Waals surface area contributed by atoms with Crippen LogP contribution < -0.4 is 10.6 Å². The van der Waals surface area contributed by atoms with E-state index in [4.69, 9.17) is 12.2 Å². The molecule has 0 radical (unpaired) electrons. The lowest BCUT2D eigenvalue weighted by Crippen LogP contribution is -2.34. The van der Waals surface area contributed by atoms with Gasteiger partial charge in [0, 0.05) is 11.8 Å². The predicted molar refractivity (Wildman–Crippen MR) is 79.1 cm³/mol. The van der Waals surface area contributed by atoms with E-state index in [-0.39, 0.29) is 10.7 Å². The molecule has 2 aromatic rings. The molecule has 0 fully saturated rings. The number of hydrogen-bond acceptors (Lipinski definition) is 3. The number of hydrogen-bond donors (Lipinski definition) is 2. The van der Waals surface area contributed by atoms with Crippen molar-refractivity contribution >= 4 is 29.1 Å². The van der Waals surface area contributed by atoms with Crippen LogP contribution in [-0.4, -0.2) is 16.0 Å². The standard InChI is InChI=1S/C14H12FN3OS/c1-9-4-3-7-16-12(9)17-14(20)18-13(19)10-5-2-6-11(15)8-10/h2-8H,1H3,(H2,16,17,18,19,20). The van der Waals surface area contributed by atoms with E-state index in [0.717, 1.165) is 11.6 Å². The first kappa shape index (κ1) is 14.1. The van der Waals surface area contributed by atoms with Crippen molar-refractivity contribution in [1.82, 2.24) is 10.3 Å². The highest BCUT2D eigenvalue weighted by Gasteiger charge is 2.09. The topological polar surface area (TPSA) is 54.0 Å². The fourth-order valence-corrected chi connectivity index (χ4v) is 1.75. The minimum atomic E-state index is -0.476. The van der Waals surface area contributed by atoms with Crippen LogP contribution in [0, 0.1) is 12.7 Å². The normalized spacial score (nSPS) is 9.90. The Labute approximate surface area is 121 Å². The number of anilines is 1. The van der Waals surface area contributed by atoms with Crippen LogP contribution in [0.15, 0.2) is 42.6 Å². The van der Waals surface area contributed by atoms with Crippen molar-refractivity contribution in [3.8, 4) is 0 Å². The number of amides is 1. The molecule has 1 aromatic carbocycles. The highest BCUT2D eigenvalue weighted by molar-refractivity contribution is 7.80. The first-order valence-corrected chi connectivity index (χ1v) is 6.26. The molecule has 2 N–H and O–H groups in total. The molecule has 102 valence electrons. The van der Waals surface area contributed by atoms with E-state index in [1.54, 1.807) is 12.3 Å². The number of aryl methyl sites for hydroxylation is 1. The number of pyridine rings is 1. The lowest BCUT2D eigenvalue weighted by molar-refractivity contribution is 0.0977. The number of rotatable bonds is 2. The summed E-state index contributed by atoms with van der Waals surface area (Å²) < 4.78 is 13.0. The average Bonchev–Trinajstić information content (AvgIpc) is 2.41. The van der Waals surface area contributed by atoms with Gasteiger partial charge in [-0.15, -0.1) is 0 Å². The van der Waals surface area contributed by atoms with E-state index in [1.807, 2.05) is 13.0 Å². The Balaban J connectivity index is 2.02. The summed E-state index contributed by atoms with van der Waals surface area (Å²) in [6, 6.07) is 9.05. The lowest BCUT2D eigenvalue weighted by atomic mass is 10.2. The van der Waals surface area contributed by atoms with Crippen LogP contribution in [0.1, 0.15) is 15.9 Å². The molecule has 0 aliphatic heterocycles. The van der Waals surface area contributed by atoms with Crippen molar-refractivity contribution in [2.45, 2.75) is 6.92 Å². The van der Waals surface area contributed by atoms with Crippen LogP contribution in [0.3, 0.4) is 0 Å². The van der Waals surface area contributed by atoms with Crippen molar-refractivity contribution in [3.05, 3.63) is 59.5 Å². The van der Waals surface area contributed by atoms with Gasteiger partial charge in [0.2, 0.25) is 0 Å². The number of carbonyl (C=O) groups excluding carboxylic acids is 1. The number of carbonyl (C=O) groups is 1. The molecule has 1 amide bonds. The zero-order chi connectivity index (χ0) is 14.5. The van der Waals surface area contributed by atoms with E-state index in [1.165, 1.54) is 18.2 Å². The van der Waals surface area contributed by atoms with Gasteiger partial charge in [0.05, 0.1) is 0 Å². The number of aromatic nitrogens is 1. The Hall–Kier alpha value is -2.34. The summed E-state index contributed by atoms with van der Waals surface area (Å²) in [6.45, 7) is 1.87. The molecule has 0 aliphatic carbocycles. The highest BCUT2D eigenvalue weighted by atomic mass is 32.1. The van der Waals surface area contributed by atoms with Gasteiger partial charge in [0.15, 0.2) is 5.11 Å². The van der Waals surface area contributed by atoms with Gasteiger partial charge in [-0.2, -0.15) is 0 Å². The smallest absolute Gasteiger partial charge is 0.257 e. The molecule has 20 heavy (non-hydrogen) atoms. The van der Waals surface area contributed by atoms with Gasteiger partial charge in [-0.3, -0.25) is 10.1 Å². The second-order valence-electron chi connectivity index (χ2n) is 4.09. The van der Waals surface area contributed by atoms with Gasteiger partial charge in [-0.25, -0.2) is 9.37 Å². The molecule has 0 saturated carbocycles. The zero-order valence-electron chi connectivity index (χ0n) is 10.7. The number of nitrogens with zero attached hydrogens (tertiary/aromatic N) is 1. The molecule has 1 aromatic heterocycles. The Kier molecular flexibility index (Phi) is 4.37. The molecule has 0 spiro atoms. The highest BCUT2D eigenvalue weighted by Crippen LogP contribution is 2.09. The van der Waals surface area contributed by atoms with Gasteiger partial charge in [0.25, 0.3) is 5.91 Å². The molecule has 0 bridgehead atoms. The molecule has 0 atom stereocenters. The first-order chi connectivity index (χ1) is 9.56. The minimum Gasteiger partial charge on any atom is -0.317 e. The summed E-state index contributed by atoms with van der Waals surface area (Å²) in [4.78, 5) is 16.0. The maximum Gasteiger partial charge on any atom is 0.257 e. The van der Waals surface area contributed by atoms with Gasteiger partial charge >= 0.3 is 0 Å². The molecular weight excluding hydrogens is 277 g/mol. The SMILES string of the molecule is Cc1cccnc1NC(=S)NC(=O)c1cccc(F)c1. The predicted octanol–water partition coefficient (Wildman–Crippen LogP) is 2.66. The van der Waals surface area contributed by atoms with E-state index in [0.29, 0.717) is 5.82 Å². The minimum absolute atomic E-state index is 0.112. The second kappa shape index (κ2) is 6.21. The third kappa shape index (κ3) is 3.58. The molecule has 6 heteroatoms. The van der Waals surface area contributed by atoms with Crippen LogP contribution >= 0.6 is 12.2 Å². The Bertz CT molecular complexity index is 660. The number of nitrogens with one attached hydrogen (secondary N) is 2. The van der Waals surface area contributed by atoms with E-state index >= 15 is 0 Å². The zero-order valence-corrected chi connectivity index (χ0v) is 11.5. The number of benzene rings is 1. The van der Waals surface area contributed by atoms with E-state index in [2.05, 4.69) is 15.6 Å². The van der Waals surface area contributed by atoms with Gasteiger partial charge in [0.1, 0.15) is 11.6 Å². The quantitative estimate of drug-likeness (QED) is 0.835. The summed E-state index contributed by atoms with van der Waals surface area (Å²) in [5, 5.41) is 5.41. The largest absolute Gasteiger partial charge is 0.317 e. The molecule has 0 unspecified atom stereocenters. The molecular formula is C14H12FN3OS. The summed E-state index contributed by atoms with van der Waals surface area (Å²) in [6.07, 6.45) is 1.62. The van der Waals surface area contributed by atoms with Crippen LogP contribution in [0.2, 0.25) is 0 Å².